The highest BCUT2D eigenvalue weighted by molar-refractivity contribution is 6.75. The lowest BCUT2D eigenvalue weighted by molar-refractivity contribution is -0.266. The lowest BCUT2D eigenvalue weighted by atomic mass is 9.78. The van der Waals surface area contributed by atoms with Gasteiger partial charge in [0, 0.05) is 32.1 Å². The third-order valence-electron chi connectivity index (χ3n) is 19.7. The van der Waals surface area contributed by atoms with Gasteiger partial charge in [0.1, 0.15) is 36.0 Å². The Balaban J connectivity index is 1.41. The Bertz CT molecular complexity index is 1960. The fourth-order valence-corrected chi connectivity index (χ4v) is 15.4. The number of rotatable bonds is 9. The standard InChI is InChI=1S/C60H106O11Si3/c1-21-41(61)35-51-40(5)47-34-43(63)33-46-28-30-49-54(66-46)56(70-73(17,18)59(9,10)11)57(71-74(19,20)60(12,13)14)55(68-49)50(69-72(15,16)58(6,7)8)24-22-23-42(62)25-26-44-32-38(3)48(64-44)29-27-45-31-37(2)39(4)52(65-45)36-53(47)67-51/h22,24,37,40-41,44-57,61H,3-4,21,23,25-36H2,1-2,5-20H3/b24-22+/t37-,40-,41-,44+,45+,46-,47-,48+,49+,50+,51-,52?,53+,54+,55+,56+,57-/m1/s1. The van der Waals surface area contributed by atoms with Crippen molar-refractivity contribution in [1.29, 1.82) is 0 Å². The van der Waals surface area contributed by atoms with Crippen LogP contribution in [-0.2, 0) is 46.6 Å². The summed E-state index contributed by atoms with van der Waals surface area (Å²) >= 11 is 0. The predicted molar refractivity (Wildman–Crippen MR) is 305 cm³/mol. The van der Waals surface area contributed by atoms with Gasteiger partial charge in [-0.25, -0.2) is 0 Å². The third kappa shape index (κ3) is 15.0. The molecule has 0 radical (unpaired) electrons. The molecular weight excluding hydrogens is 981 g/mol. The van der Waals surface area contributed by atoms with Gasteiger partial charge in [-0.15, -0.1) is 0 Å². The van der Waals surface area contributed by atoms with Crippen molar-refractivity contribution in [2.75, 3.05) is 0 Å². The van der Waals surface area contributed by atoms with E-state index in [2.05, 4.69) is 135 Å². The Kier molecular flexibility index (Phi) is 20.4. The van der Waals surface area contributed by atoms with Crippen molar-refractivity contribution in [3.05, 3.63) is 36.5 Å². The summed E-state index contributed by atoms with van der Waals surface area (Å²) in [5.41, 5.74) is 2.17. The molecule has 0 spiro atoms. The molecule has 14 heteroatoms. The normalized spacial score (nSPS) is 38.0. The van der Waals surface area contributed by atoms with Crippen molar-refractivity contribution in [3.8, 4) is 0 Å². The molecular formula is C60H106O11Si3. The average Bonchev–Trinajstić information content (AvgIpc) is 3.78. The van der Waals surface area contributed by atoms with Crippen molar-refractivity contribution in [1.82, 2.24) is 0 Å². The number of Topliss-reactive ketones (excluding diaryl/α,β-unsaturated/α-hetero) is 2. The second-order valence-electron chi connectivity index (χ2n) is 28.5. The first kappa shape index (κ1) is 62.1. The van der Waals surface area contributed by atoms with Gasteiger partial charge in [0.05, 0.1) is 61.0 Å². The van der Waals surface area contributed by atoms with Crippen LogP contribution in [0.5, 0.6) is 0 Å². The quantitative estimate of drug-likeness (QED) is 0.175. The number of hydrogen-bond acceptors (Lipinski definition) is 11. The van der Waals surface area contributed by atoms with Crippen molar-refractivity contribution < 1.29 is 51.7 Å². The largest absolute Gasteiger partial charge is 0.408 e. The first-order valence-electron chi connectivity index (χ1n) is 29.2. The number of allylic oxidation sites excluding steroid dienone is 1. The van der Waals surface area contributed by atoms with Crippen LogP contribution in [0.15, 0.2) is 36.5 Å². The number of ether oxygens (including phenoxy) is 5. The number of fused-ring (bicyclic) bond motifs is 2. The molecule has 8 rings (SSSR count). The van der Waals surface area contributed by atoms with E-state index in [0.717, 1.165) is 36.8 Å². The summed E-state index contributed by atoms with van der Waals surface area (Å²) in [5.74, 6) is 0.595. The Morgan fingerprint density at radius 3 is 1.82 bits per heavy atom. The summed E-state index contributed by atoms with van der Waals surface area (Å²) in [6.07, 6.45) is 8.03. The van der Waals surface area contributed by atoms with Crippen LogP contribution in [0.25, 0.3) is 0 Å². The molecule has 0 aromatic carbocycles. The minimum atomic E-state index is -2.54. The van der Waals surface area contributed by atoms with E-state index in [4.69, 9.17) is 37.0 Å². The summed E-state index contributed by atoms with van der Waals surface area (Å²) in [6, 6.07) is 0. The van der Waals surface area contributed by atoms with Gasteiger partial charge in [0.2, 0.25) is 0 Å². The molecule has 424 valence electrons. The fourth-order valence-electron chi connectivity index (χ4n) is 11.5. The number of hydrogen-bond donors (Lipinski definition) is 1. The number of carbonyl (C=O) groups excluding carboxylic acids is 2. The SMILES string of the molecule is C=C1C2C[C@@H]3O[C@H](C[C@H](O)CC)[C@H](C)[C@H]3CC(=O)C[C@H]3CC[C@@H]4O[C@H]([C@@H](O[Si](C)(C)C(C)(C)C)[C@@H](O[Si](C)(C)C(C)(C)C)[C@H]4O3)[C@@H](O[Si](C)(C)C(C)(C)C)/C=C/CC(=O)CC[C@H]3CC(=C)[C@H](CC[C@@H](C[C@H]1C)O2)O3. The van der Waals surface area contributed by atoms with Crippen molar-refractivity contribution >= 4 is 36.5 Å². The van der Waals surface area contributed by atoms with E-state index in [-0.39, 0.29) is 106 Å². The van der Waals surface area contributed by atoms with E-state index in [1.807, 2.05) is 13.0 Å². The van der Waals surface area contributed by atoms with Gasteiger partial charge < -0.3 is 42.1 Å². The second kappa shape index (κ2) is 24.3. The van der Waals surface area contributed by atoms with Crippen molar-refractivity contribution in [3.63, 3.8) is 0 Å². The molecule has 8 aliphatic rings. The van der Waals surface area contributed by atoms with Crippen molar-refractivity contribution in [2.45, 2.75) is 313 Å². The number of aliphatic hydroxyl groups excluding tert-OH is 1. The highest BCUT2D eigenvalue weighted by Crippen LogP contribution is 2.49. The van der Waals surface area contributed by atoms with E-state index in [1.54, 1.807) is 0 Å². The minimum Gasteiger partial charge on any atom is -0.408 e. The molecule has 5 saturated heterocycles. The van der Waals surface area contributed by atoms with E-state index in [0.29, 0.717) is 51.4 Å². The van der Waals surface area contributed by atoms with Crippen LogP contribution < -0.4 is 0 Å². The third-order valence-corrected chi connectivity index (χ3v) is 33.2. The summed E-state index contributed by atoms with van der Waals surface area (Å²) in [6.45, 7) is 49.6. The molecule has 1 N–H and O–H groups in total. The van der Waals surface area contributed by atoms with Crippen LogP contribution in [-0.4, -0.2) is 127 Å². The molecule has 8 aliphatic heterocycles. The fraction of sp³-hybridized carbons (Fsp3) is 0.867. The monoisotopic (exact) mass is 1090 g/mol. The Labute approximate surface area is 453 Å². The predicted octanol–water partition coefficient (Wildman–Crippen LogP) is 13.5. The number of ketones is 2. The maximum atomic E-state index is 14.8. The smallest absolute Gasteiger partial charge is 0.193 e. The molecule has 0 saturated carbocycles. The van der Waals surface area contributed by atoms with E-state index in [9.17, 15) is 14.7 Å². The summed E-state index contributed by atoms with van der Waals surface area (Å²) in [5, 5.41) is 10.6. The molecule has 0 amide bonds. The van der Waals surface area contributed by atoms with Crippen LogP contribution in [0.2, 0.25) is 54.4 Å². The molecule has 1 unspecified atom stereocenters. The zero-order chi connectivity index (χ0) is 55.1. The molecule has 5 fully saturated rings. The van der Waals surface area contributed by atoms with Crippen LogP contribution >= 0.6 is 0 Å². The van der Waals surface area contributed by atoms with Crippen LogP contribution in [0, 0.1) is 17.8 Å². The first-order chi connectivity index (χ1) is 34.1. The Hall–Kier alpha value is -1.15. The highest BCUT2D eigenvalue weighted by atomic mass is 28.4. The molecule has 11 nitrogen and oxygen atoms in total. The van der Waals surface area contributed by atoms with Gasteiger partial charge in [-0.1, -0.05) is 108 Å². The number of carbonyl (C=O) groups is 2. The molecule has 0 aromatic heterocycles. The summed E-state index contributed by atoms with van der Waals surface area (Å²) < 4.78 is 58.1. The van der Waals surface area contributed by atoms with E-state index >= 15 is 0 Å². The van der Waals surface area contributed by atoms with Crippen LogP contribution in [0.3, 0.4) is 0 Å². The van der Waals surface area contributed by atoms with Gasteiger partial charge in [0.25, 0.3) is 0 Å². The van der Waals surface area contributed by atoms with E-state index in [1.165, 1.54) is 0 Å². The maximum absolute atomic E-state index is 14.8. The molecule has 0 aromatic rings. The van der Waals surface area contributed by atoms with Crippen molar-refractivity contribution in [2.24, 2.45) is 17.8 Å². The summed E-state index contributed by atoms with van der Waals surface area (Å²) in [4.78, 5) is 28.6. The minimum absolute atomic E-state index is 0.0239. The van der Waals surface area contributed by atoms with Gasteiger partial charge in [0.15, 0.2) is 25.0 Å². The number of aliphatic hydroxyl groups is 1. The molecule has 8 heterocycles. The maximum Gasteiger partial charge on any atom is 0.193 e. The Morgan fingerprint density at radius 1 is 0.649 bits per heavy atom. The molecule has 0 aliphatic carbocycles. The first-order valence-corrected chi connectivity index (χ1v) is 37.9. The topological polar surface area (TPSA) is 128 Å². The zero-order valence-electron chi connectivity index (χ0n) is 49.8. The molecule has 74 heavy (non-hydrogen) atoms. The van der Waals surface area contributed by atoms with Crippen LogP contribution in [0.4, 0.5) is 0 Å². The van der Waals surface area contributed by atoms with Gasteiger partial charge >= 0.3 is 0 Å². The van der Waals surface area contributed by atoms with Gasteiger partial charge in [-0.05, 0) is 141 Å². The highest BCUT2D eigenvalue weighted by Gasteiger charge is 2.58. The zero-order valence-corrected chi connectivity index (χ0v) is 52.8. The molecule has 8 bridgehead atoms. The van der Waals surface area contributed by atoms with Gasteiger partial charge in [-0.2, -0.15) is 0 Å². The second-order valence-corrected chi connectivity index (χ2v) is 42.8. The lowest BCUT2D eigenvalue weighted by Gasteiger charge is -2.56. The lowest BCUT2D eigenvalue weighted by Crippen LogP contribution is -2.69. The average molecular weight is 1090 g/mol. The molecule has 17 atom stereocenters. The van der Waals surface area contributed by atoms with Gasteiger partial charge in [-0.3, -0.25) is 9.59 Å². The Morgan fingerprint density at radius 2 is 1.22 bits per heavy atom. The summed E-state index contributed by atoms with van der Waals surface area (Å²) in [7, 11) is -7.50. The van der Waals surface area contributed by atoms with Crippen LogP contribution in [0.1, 0.15) is 173 Å². The van der Waals surface area contributed by atoms with E-state index < -0.39 is 61.6 Å².